The molecule has 1 atom stereocenters. The third-order valence-electron chi connectivity index (χ3n) is 4.21. The number of esters is 1. The summed E-state index contributed by atoms with van der Waals surface area (Å²) in [7, 11) is 1.43. The number of Topliss-reactive ketones (excluding diaryl/α,β-unsaturated/α-hetero) is 1. The van der Waals surface area contributed by atoms with E-state index >= 15 is 0 Å². The summed E-state index contributed by atoms with van der Waals surface area (Å²) in [5.74, 6) is -0.981. The second-order valence-electron chi connectivity index (χ2n) is 6.45. The van der Waals surface area contributed by atoms with Gasteiger partial charge < -0.3 is 25.3 Å². The number of carbonyl (C=O) groups is 3. The van der Waals surface area contributed by atoms with Crippen LogP contribution in [0.4, 0.5) is 0 Å². The van der Waals surface area contributed by atoms with Gasteiger partial charge in [-0.25, -0.2) is 4.79 Å². The van der Waals surface area contributed by atoms with Gasteiger partial charge in [0.15, 0.2) is 12.4 Å². The second kappa shape index (κ2) is 11.5. The molecule has 0 aliphatic heterocycles. The first-order chi connectivity index (χ1) is 14.8. The van der Waals surface area contributed by atoms with Gasteiger partial charge in [0, 0.05) is 23.8 Å². The van der Waals surface area contributed by atoms with Gasteiger partial charge in [-0.05, 0) is 43.3 Å². The predicted molar refractivity (Wildman–Crippen MR) is 113 cm³/mol. The van der Waals surface area contributed by atoms with Crippen molar-refractivity contribution in [2.45, 2.75) is 13.0 Å². The van der Waals surface area contributed by atoms with E-state index in [1.807, 2.05) is 0 Å². The molecule has 164 valence electrons. The molecule has 0 unspecified atom stereocenters. The summed E-state index contributed by atoms with van der Waals surface area (Å²) in [5.41, 5.74) is 6.57. The van der Waals surface area contributed by atoms with Crippen LogP contribution in [0.25, 0.3) is 0 Å². The lowest BCUT2D eigenvalue weighted by molar-refractivity contribution is -0.145. The molecular formula is C22H25N3O6. The average Bonchev–Trinajstić information content (AvgIpc) is 2.77. The van der Waals surface area contributed by atoms with E-state index in [1.54, 1.807) is 43.3 Å². The highest BCUT2D eigenvalue weighted by molar-refractivity contribution is 6.04. The Balaban J connectivity index is 2.04. The topological polar surface area (TPSA) is 141 Å². The Labute approximate surface area is 180 Å². The van der Waals surface area contributed by atoms with E-state index in [0.29, 0.717) is 22.4 Å². The van der Waals surface area contributed by atoms with Crippen molar-refractivity contribution in [3.05, 3.63) is 65.2 Å². The van der Waals surface area contributed by atoms with Crippen LogP contribution in [-0.4, -0.2) is 56.5 Å². The van der Waals surface area contributed by atoms with Crippen LogP contribution in [-0.2, 0) is 14.3 Å². The molecule has 0 aromatic heterocycles. The first-order valence-electron chi connectivity index (χ1n) is 9.52. The highest BCUT2D eigenvalue weighted by atomic mass is 16.6. The fourth-order valence-corrected chi connectivity index (χ4v) is 2.65. The van der Waals surface area contributed by atoms with E-state index in [0.717, 1.165) is 0 Å². The minimum atomic E-state index is -0.906. The molecule has 2 rings (SSSR count). The number of rotatable bonds is 11. The highest BCUT2D eigenvalue weighted by Crippen LogP contribution is 2.14. The fraction of sp³-hybridized carbons (Fsp3) is 0.273. The molecule has 0 saturated carbocycles. The molecule has 4 N–H and O–H groups in total. The van der Waals surface area contributed by atoms with Crippen molar-refractivity contribution >= 4 is 23.5 Å². The lowest BCUT2D eigenvalue weighted by Gasteiger charge is -2.17. The number of nitrogens with one attached hydrogen (secondary N) is 2. The van der Waals surface area contributed by atoms with Crippen molar-refractivity contribution in [1.82, 2.24) is 5.32 Å². The Morgan fingerprint density at radius 2 is 1.58 bits per heavy atom. The summed E-state index contributed by atoms with van der Waals surface area (Å²) in [5, 5.41) is 10.1. The normalized spacial score (nSPS) is 11.3. The molecule has 31 heavy (non-hydrogen) atoms. The summed E-state index contributed by atoms with van der Waals surface area (Å²) < 4.78 is 15.2. The van der Waals surface area contributed by atoms with Gasteiger partial charge in [0.2, 0.25) is 0 Å². The molecule has 0 spiro atoms. The molecule has 0 aliphatic rings. The van der Waals surface area contributed by atoms with Gasteiger partial charge in [-0.15, -0.1) is 0 Å². The van der Waals surface area contributed by atoms with E-state index in [2.05, 4.69) is 5.32 Å². The second-order valence-corrected chi connectivity index (χ2v) is 6.45. The van der Waals surface area contributed by atoms with Crippen molar-refractivity contribution in [1.29, 1.82) is 5.41 Å². The number of nitrogen functional groups attached to an aromatic ring is 1. The monoisotopic (exact) mass is 427 g/mol. The van der Waals surface area contributed by atoms with Crippen molar-refractivity contribution in [3.63, 3.8) is 0 Å². The summed E-state index contributed by atoms with van der Waals surface area (Å²) in [6.45, 7) is 1.72. The van der Waals surface area contributed by atoms with Gasteiger partial charge >= 0.3 is 5.97 Å². The van der Waals surface area contributed by atoms with Crippen LogP contribution in [0.1, 0.15) is 33.2 Å². The lowest BCUT2D eigenvalue weighted by Crippen LogP contribution is -2.44. The SMILES string of the molecule is CCOC(=O)COc1ccc(C(=O)[C@H](COC)NC(=O)c2ccc(C(=N)N)cc2)cc1. The zero-order valence-corrected chi connectivity index (χ0v) is 17.3. The van der Waals surface area contributed by atoms with E-state index in [-0.39, 0.29) is 31.4 Å². The summed E-state index contributed by atoms with van der Waals surface area (Å²) in [6, 6.07) is 11.4. The van der Waals surface area contributed by atoms with E-state index in [1.165, 1.54) is 19.2 Å². The zero-order valence-electron chi connectivity index (χ0n) is 17.3. The number of hydrogen-bond acceptors (Lipinski definition) is 7. The number of amides is 1. The van der Waals surface area contributed by atoms with Gasteiger partial charge in [0.1, 0.15) is 17.6 Å². The van der Waals surface area contributed by atoms with Crippen LogP contribution in [0.3, 0.4) is 0 Å². The Kier molecular flexibility index (Phi) is 8.71. The number of amidine groups is 1. The van der Waals surface area contributed by atoms with E-state index in [9.17, 15) is 14.4 Å². The predicted octanol–water partition coefficient (Wildman–Crippen LogP) is 1.54. The van der Waals surface area contributed by atoms with E-state index < -0.39 is 17.9 Å². The van der Waals surface area contributed by atoms with Crippen molar-refractivity contribution in [2.24, 2.45) is 5.73 Å². The molecule has 0 heterocycles. The first kappa shape index (κ1) is 23.6. The Morgan fingerprint density at radius 1 is 1.00 bits per heavy atom. The quantitative estimate of drug-likeness (QED) is 0.214. The number of nitrogens with two attached hydrogens (primary N) is 1. The van der Waals surface area contributed by atoms with Crippen molar-refractivity contribution in [2.75, 3.05) is 26.9 Å². The smallest absolute Gasteiger partial charge is 0.344 e. The number of ketones is 1. The van der Waals surface area contributed by atoms with Crippen molar-refractivity contribution < 1.29 is 28.6 Å². The zero-order chi connectivity index (χ0) is 22.8. The summed E-state index contributed by atoms with van der Waals surface area (Å²) in [6.07, 6.45) is 0. The van der Waals surface area contributed by atoms with Crippen LogP contribution in [0.15, 0.2) is 48.5 Å². The standard InChI is InChI=1S/C22H25N3O6/c1-3-30-19(26)13-31-17-10-8-14(9-11-17)20(27)18(12-29-2)25-22(28)16-6-4-15(5-7-16)21(23)24/h4-11,18H,3,12-13H2,1-2H3,(H3,23,24)(H,25,28)/t18-/m0/s1. The third-order valence-corrected chi connectivity index (χ3v) is 4.21. The van der Waals surface area contributed by atoms with Crippen LogP contribution in [0.5, 0.6) is 5.75 Å². The largest absolute Gasteiger partial charge is 0.482 e. The minimum Gasteiger partial charge on any atom is -0.482 e. The fourth-order valence-electron chi connectivity index (χ4n) is 2.65. The number of hydrogen-bond donors (Lipinski definition) is 3. The van der Waals surface area contributed by atoms with Gasteiger partial charge in [-0.3, -0.25) is 15.0 Å². The van der Waals surface area contributed by atoms with Gasteiger partial charge in [0.25, 0.3) is 5.91 Å². The van der Waals surface area contributed by atoms with Gasteiger partial charge in [0.05, 0.1) is 13.2 Å². The molecule has 0 bridgehead atoms. The molecule has 9 heteroatoms. The molecule has 0 aliphatic carbocycles. The Morgan fingerprint density at radius 3 is 2.13 bits per heavy atom. The number of ether oxygens (including phenoxy) is 3. The number of methoxy groups -OCH3 is 1. The molecular weight excluding hydrogens is 402 g/mol. The summed E-state index contributed by atoms with van der Waals surface area (Å²) in [4.78, 5) is 36.7. The summed E-state index contributed by atoms with van der Waals surface area (Å²) >= 11 is 0. The maximum Gasteiger partial charge on any atom is 0.344 e. The number of benzene rings is 2. The third kappa shape index (κ3) is 6.93. The van der Waals surface area contributed by atoms with Crippen LogP contribution in [0, 0.1) is 5.41 Å². The molecule has 2 aromatic rings. The van der Waals surface area contributed by atoms with Crippen LogP contribution >= 0.6 is 0 Å². The first-order valence-corrected chi connectivity index (χ1v) is 9.52. The Bertz CT molecular complexity index is 925. The molecule has 2 aromatic carbocycles. The van der Waals surface area contributed by atoms with Crippen LogP contribution in [0.2, 0.25) is 0 Å². The molecule has 9 nitrogen and oxygen atoms in total. The molecule has 0 radical (unpaired) electrons. The average molecular weight is 427 g/mol. The van der Waals surface area contributed by atoms with Gasteiger partial charge in [-0.1, -0.05) is 12.1 Å². The van der Waals surface area contributed by atoms with Crippen LogP contribution < -0.4 is 15.8 Å². The van der Waals surface area contributed by atoms with E-state index in [4.69, 9.17) is 25.4 Å². The lowest BCUT2D eigenvalue weighted by atomic mass is 10.0. The number of carbonyl (C=O) groups excluding carboxylic acids is 3. The van der Waals surface area contributed by atoms with Gasteiger partial charge in [-0.2, -0.15) is 0 Å². The molecule has 0 saturated heterocycles. The highest BCUT2D eigenvalue weighted by Gasteiger charge is 2.23. The minimum absolute atomic E-state index is 0.0167. The molecule has 1 amide bonds. The maximum absolute atomic E-state index is 12.9. The van der Waals surface area contributed by atoms with Crippen molar-refractivity contribution in [3.8, 4) is 5.75 Å². The maximum atomic E-state index is 12.9. The Hall–Kier alpha value is -3.72. The molecule has 0 fully saturated rings.